The fraction of sp³-hybridized carbons (Fsp3) is 0.429. The Bertz CT molecular complexity index is 1070. The predicted octanol–water partition coefficient (Wildman–Crippen LogP) is 2.04. The number of nitrogens with zero attached hydrogens (tertiary/aromatic N) is 6. The van der Waals surface area contributed by atoms with E-state index in [2.05, 4.69) is 58.1 Å². The van der Waals surface area contributed by atoms with Crippen LogP contribution in [0.25, 0.3) is 11.0 Å². The number of carbonyl (C=O) groups excluding carboxylic acids is 1. The molecule has 9 nitrogen and oxygen atoms in total. The van der Waals surface area contributed by atoms with E-state index >= 15 is 0 Å². The minimum atomic E-state index is -0.0325. The third kappa shape index (κ3) is 4.64. The zero-order valence-corrected chi connectivity index (χ0v) is 19.6. The topological polar surface area (TPSA) is 93.3 Å². The predicted molar refractivity (Wildman–Crippen MR) is 126 cm³/mol. The van der Waals surface area contributed by atoms with Crippen LogP contribution in [0.5, 0.6) is 0 Å². The van der Waals surface area contributed by atoms with Gasteiger partial charge in [-0.1, -0.05) is 6.07 Å². The molecular formula is C21H27BrN8O. The van der Waals surface area contributed by atoms with E-state index in [1.54, 1.807) is 6.33 Å². The lowest BCUT2D eigenvalue weighted by atomic mass is 10.1. The van der Waals surface area contributed by atoms with E-state index in [0.29, 0.717) is 17.8 Å². The molecule has 1 fully saturated rings. The summed E-state index contributed by atoms with van der Waals surface area (Å²) in [5.41, 5.74) is 3.63. The monoisotopic (exact) mass is 486 g/mol. The maximum atomic E-state index is 12.6. The number of fused-ring (bicyclic) bond motifs is 1. The van der Waals surface area contributed by atoms with Crippen LogP contribution in [0.4, 0.5) is 11.5 Å². The summed E-state index contributed by atoms with van der Waals surface area (Å²) in [6, 6.07) is 5.93. The van der Waals surface area contributed by atoms with Crippen molar-refractivity contribution in [3.8, 4) is 0 Å². The summed E-state index contributed by atoms with van der Waals surface area (Å²) >= 11 is 3.51. The van der Waals surface area contributed by atoms with Gasteiger partial charge in [0.15, 0.2) is 5.65 Å². The highest BCUT2D eigenvalue weighted by molar-refractivity contribution is 9.10. The number of aromatic nitrogens is 4. The third-order valence-electron chi connectivity index (χ3n) is 5.52. The highest BCUT2D eigenvalue weighted by Gasteiger charge is 2.23. The van der Waals surface area contributed by atoms with Crippen molar-refractivity contribution >= 4 is 44.4 Å². The molecule has 1 aliphatic rings. The number of aryl methyl sites for hydroxylation is 1. The average molecular weight is 487 g/mol. The van der Waals surface area contributed by atoms with E-state index in [9.17, 15) is 4.79 Å². The number of piperazine rings is 1. The molecule has 2 aromatic heterocycles. The molecule has 1 saturated heterocycles. The molecule has 4 rings (SSSR count). The highest BCUT2D eigenvalue weighted by atomic mass is 79.9. The van der Waals surface area contributed by atoms with Crippen LogP contribution in [0, 0.1) is 6.92 Å². The van der Waals surface area contributed by atoms with E-state index in [0.717, 1.165) is 54.2 Å². The second-order valence-electron chi connectivity index (χ2n) is 7.97. The molecule has 164 valence electrons. The first-order valence-electron chi connectivity index (χ1n) is 10.3. The molecule has 0 saturated carbocycles. The highest BCUT2D eigenvalue weighted by Crippen LogP contribution is 2.30. The zero-order valence-electron chi connectivity index (χ0n) is 18.0. The number of carbonyl (C=O) groups is 1. The molecule has 1 amide bonds. The number of likely N-dealkylation sites (N-methyl/N-ethyl adjacent to an activating group) is 1. The number of hydrogen-bond donors (Lipinski definition) is 2. The van der Waals surface area contributed by atoms with E-state index in [-0.39, 0.29) is 5.91 Å². The number of nitrogens with one attached hydrogen (secondary N) is 2. The Labute approximate surface area is 190 Å². The summed E-state index contributed by atoms with van der Waals surface area (Å²) in [6.45, 7) is 6.86. The van der Waals surface area contributed by atoms with Crippen molar-refractivity contribution in [2.75, 3.05) is 63.2 Å². The molecular weight excluding hydrogens is 460 g/mol. The number of anilines is 2. The Kier molecular flexibility index (Phi) is 6.38. The molecule has 10 heteroatoms. The Balaban J connectivity index is 1.46. The molecule has 0 spiro atoms. The Hall–Kier alpha value is -2.72. The van der Waals surface area contributed by atoms with E-state index in [1.165, 1.54) is 5.56 Å². The van der Waals surface area contributed by atoms with Gasteiger partial charge in [-0.25, -0.2) is 9.97 Å². The van der Waals surface area contributed by atoms with Gasteiger partial charge in [0.05, 0.1) is 5.39 Å². The first-order valence-corrected chi connectivity index (χ1v) is 11.1. The fourth-order valence-electron chi connectivity index (χ4n) is 3.79. The molecule has 1 aliphatic heterocycles. The number of aromatic amines is 1. The van der Waals surface area contributed by atoms with Crippen LogP contribution in [0.15, 0.2) is 29.1 Å². The maximum absolute atomic E-state index is 12.6. The van der Waals surface area contributed by atoms with Crippen molar-refractivity contribution in [3.63, 3.8) is 0 Å². The quantitative estimate of drug-likeness (QED) is 0.550. The SMILES string of the molecule is Cc1ccc(C(=O)NCCN(C)C)cc1N1CCN(c2ncnc3n[nH]c(Br)c23)CC1. The minimum absolute atomic E-state index is 0.0325. The van der Waals surface area contributed by atoms with Gasteiger partial charge >= 0.3 is 0 Å². The first-order chi connectivity index (χ1) is 14.9. The van der Waals surface area contributed by atoms with Gasteiger partial charge in [-0.15, -0.1) is 0 Å². The van der Waals surface area contributed by atoms with Crippen molar-refractivity contribution in [3.05, 3.63) is 40.3 Å². The summed E-state index contributed by atoms with van der Waals surface area (Å²) in [4.78, 5) is 27.9. The molecule has 1 aromatic carbocycles. The van der Waals surface area contributed by atoms with E-state index in [1.807, 2.05) is 37.2 Å². The van der Waals surface area contributed by atoms with Crippen molar-refractivity contribution < 1.29 is 4.79 Å². The van der Waals surface area contributed by atoms with Gasteiger partial charge in [0.25, 0.3) is 5.91 Å². The molecule has 3 aromatic rings. The fourth-order valence-corrected chi connectivity index (χ4v) is 4.24. The van der Waals surface area contributed by atoms with Crippen molar-refractivity contribution in [1.82, 2.24) is 30.4 Å². The molecule has 0 atom stereocenters. The largest absolute Gasteiger partial charge is 0.368 e. The van der Waals surface area contributed by atoms with E-state index < -0.39 is 0 Å². The van der Waals surface area contributed by atoms with Crippen LogP contribution in [0.2, 0.25) is 0 Å². The minimum Gasteiger partial charge on any atom is -0.368 e. The van der Waals surface area contributed by atoms with Crippen LogP contribution < -0.4 is 15.1 Å². The summed E-state index contributed by atoms with van der Waals surface area (Å²) in [5, 5.41) is 11.0. The number of amides is 1. The molecule has 0 unspecified atom stereocenters. The standard InChI is InChI=1S/C21H27BrN8O/c1-14-4-5-15(21(31)23-6-7-28(2)3)12-16(14)29-8-10-30(11-9-29)20-17-18(22)26-27-19(17)24-13-25-20/h4-5,12-13H,6-11H2,1-3H3,(H,23,31)(H,24,25,26,27). The average Bonchev–Trinajstić information content (AvgIpc) is 3.15. The second kappa shape index (κ2) is 9.19. The smallest absolute Gasteiger partial charge is 0.251 e. The van der Waals surface area contributed by atoms with Gasteiger partial charge in [0.1, 0.15) is 16.7 Å². The lowest BCUT2D eigenvalue weighted by Crippen LogP contribution is -2.47. The van der Waals surface area contributed by atoms with Gasteiger partial charge in [-0.05, 0) is 54.6 Å². The number of benzene rings is 1. The zero-order chi connectivity index (χ0) is 22.0. The van der Waals surface area contributed by atoms with Gasteiger partial charge in [-0.3, -0.25) is 9.89 Å². The lowest BCUT2D eigenvalue weighted by Gasteiger charge is -2.37. The molecule has 0 bridgehead atoms. The number of H-pyrrole nitrogens is 1. The van der Waals surface area contributed by atoms with Gasteiger partial charge in [0, 0.05) is 50.5 Å². The maximum Gasteiger partial charge on any atom is 0.251 e. The Morgan fingerprint density at radius 3 is 2.68 bits per heavy atom. The van der Waals surface area contributed by atoms with Crippen LogP contribution in [-0.4, -0.2) is 84.3 Å². The van der Waals surface area contributed by atoms with Crippen molar-refractivity contribution in [2.45, 2.75) is 6.92 Å². The number of hydrogen-bond acceptors (Lipinski definition) is 7. The van der Waals surface area contributed by atoms with Crippen LogP contribution in [0.3, 0.4) is 0 Å². The normalized spacial score (nSPS) is 14.5. The van der Waals surface area contributed by atoms with Crippen molar-refractivity contribution in [2.24, 2.45) is 0 Å². The number of halogens is 1. The number of rotatable bonds is 6. The second-order valence-corrected chi connectivity index (χ2v) is 8.76. The Morgan fingerprint density at radius 1 is 1.19 bits per heavy atom. The van der Waals surface area contributed by atoms with Gasteiger partial charge < -0.3 is 20.0 Å². The van der Waals surface area contributed by atoms with Gasteiger partial charge in [-0.2, -0.15) is 5.10 Å². The summed E-state index contributed by atoms with van der Waals surface area (Å²) in [5.74, 6) is 0.853. The summed E-state index contributed by atoms with van der Waals surface area (Å²) in [7, 11) is 3.99. The summed E-state index contributed by atoms with van der Waals surface area (Å²) < 4.78 is 0.796. The lowest BCUT2D eigenvalue weighted by molar-refractivity contribution is 0.0951. The van der Waals surface area contributed by atoms with Crippen molar-refractivity contribution in [1.29, 1.82) is 0 Å². The van der Waals surface area contributed by atoms with E-state index in [4.69, 9.17) is 0 Å². The van der Waals surface area contributed by atoms with Crippen LogP contribution in [-0.2, 0) is 0 Å². The molecule has 0 aliphatic carbocycles. The Morgan fingerprint density at radius 2 is 1.94 bits per heavy atom. The molecule has 0 radical (unpaired) electrons. The first kappa shape index (κ1) is 21.5. The molecule has 3 heterocycles. The van der Waals surface area contributed by atoms with Crippen LogP contribution >= 0.6 is 15.9 Å². The molecule has 2 N–H and O–H groups in total. The third-order valence-corrected chi connectivity index (χ3v) is 6.10. The summed E-state index contributed by atoms with van der Waals surface area (Å²) in [6.07, 6.45) is 1.56. The van der Waals surface area contributed by atoms with Gasteiger partial charge in [0.2, 0.25) is 0 Å². The molecule has 31 heavy (non-hydrogen) atoms. The van der Waals surface area contributed by atoms with Crippen LogP contribution in [0.1, 0.15) is 15.9 Å².